The van der Waals surface area contributed by atoms with Crippen LogP contribution in [-0.2, 0) is 19.3 Å². The van der Waals surface area contributed by atoms with Crippen LogP contribution in [0, 0.1) is 0 Å². The Bertz CT molecular complexity index is 331. The summed E-state index contributed by atoms with van der Waals surface area (Å²) in [5.41, 5.74) is 4.96. The van der Waals surface area contributed by atoms with Crippen LogP contribution in [0.25, 0.3) is 0 Å². The second-order valence-electron chi connectivity index (χ2n) is 3.65. The van der Waals surface area contributed by atoms with Crippen LogP contribution in [0.3, 0.4) is 0 Å². The van der Waals surface area contributed by atoms with Crippen molar-refractivity contribution in [2.75, 3.05) is 0 Å². The van der Waals surface area contributed by atoms with Crippen LogP contribution in [0.2, 0.25) is 0 Å². The van der Waals surface area contributed by atoms with Crippen LogP contribution in [0.5, 0.6) is 0 Å². The Labute approximate surface area is 92.4 Å². The molecule has 0 aliphatic rings. The lowest BCUT2D eigenvalue weighted by atomic mass is 10.2. The highest BCUT2D eigenvalue weighted by atomic mass is 19.4. The molecule has 0 bridgehead atoms. The molecule has 0 aliphatic carbocycles. The minimum atomic E-state index is -4.39. The molecule has 0 unspecified atom stereocenters. The molecule has 0 fully saturated rings. The fraction of sp³-hybridized carbons (Fsp3) is 0.700. The van der Waals surface area contributed by atoms with Gasteiger partial charge in [-0.2, -0.15) is 18.3 Å². The Hall–Kier alpha value is -1.04. The third kappa shape index (κ3) is 3.23. The van der Waals surface area contributed by atoms with E-state index >= 15 is 0 Å². The number of halogens is 3. The third-order valence-electron chi connectivity index (χ3n) is 2.34. The van der Waals surface area contributed by atoms with E-state index in [0.29, 0.717) is 12.2 Å². The second-order valence-corrected chi connectivity index (χ2v) is 3.65. The number of nitrogens with two attached hydrogens (primary N) is 1. The summed E-state index contributed by atoms with van der Waals surface area (Å²) in [6.45, 7) is 2.61. The summed E-state index contributed by atoms with van der Waals surface area (Å²) in [5.74, 6) is 0. The summed E-state index contributed by atoms with van der Waals surface area (Å²) in [5, 5.41) is 3.54. The van der Waals surface area contributed by atoms with Gasteiger partial charge in [-0.3, -0.25) is 4.68 Å². The number of alkyl halides is 3. The highest BCUT2D eigenvalue weighted by Crippen LogP contribution is 2.28. The van der Waals surface area contributed by atoms with Crippen LogP contribution in [0.1, 0.15) is 37.6 Å². The van der Waals surface area contributed by atoms with Gasteiger partial charge < -0.3 is 5.73 Å². The van der Waals surface area contributed by atoms with Crippen molar-refractivity contribution < 1.29 is 13.2 Å². The fourth-order valence-corrected chi connectivity index (χ4v) is 1.46. The molecule has 1 aromatic heterocycles. The molecule has 1 rings (SSSR count). The first-order chi connectivity index (χ1) is 7.49. The van der Waals surface area contributed by atoms with E-state index in [2.05, 4.69) is 5.10 Å². The first kappa shape index (κ1) is 13.0. The Morgan fingerprint density at radius 2 is 2.06 bits per heavy atom. The zero-order valence-corrected chi connectivity index (χ0v) is 9.22. The molecule has 0 radical (unpaired) electrons. The summed E-state index contributed by atoms with van der Waals surface area (Å²) in [6, 6.07) is 1.02. The quantitative estimate of drug-likeness (QED) is 0.797. The zero-order chi connectivity index (χ0) is 12.2. The van der Waals surface area contributed by atoms with Gasteiger partial charge in [-0.25, -0.2) is 0 Å². The molecule has 0 saturated heterocycles. The largest absolute Gasteiger partial charge is 0.435 e. The van der Waals surface area contributed by atoms with Crippen LogP contribution in [0.15, 0.2) is 6.07 Å². The molecule has 0 amide bonds. The van der Waals surface area contributed by atoms with E-state index in [0.717, 1.165) is 25.3 Å². The maximum Gasteiger partial charge on any atom is 0.435 e. The van der Waals surface area contributed by atoms with Crippen molar-refractivity contribution >= 4 is 0 Å². The summed E-state index contributed by atoms with van der Waals surface area (Å²) in [4.78, 5) is 0. The van der Waals surface area contributed by atoms with E-state index in [1.165, 1.54) is 4.68 Å². The number of nitrogens with zero attached hydrogens (tertiary/aromatic N) is 2. The molecule has 0 spiro atoms. The highest BCUT2D eigenvalue weighted by molar-refractivity contribution is 5.13. The van der Waals surface area contributed by atoms with Crippen LogP contribution in [-0.4, -0.2) is 9.78 Å². The molecular weight excluding hydrogens is 219 g/mol. The maximum atomic E-state index is 12.4. The van der Waals surface area contributed by atoms with Gasteiger partial charge >= 0.3 is 6.18 Å². The smallest absolute Gasteiger partial charge is 0.325 e. The highest BCUT2D eigenvalue weighted by Gasteiger charge is 2.34. The summed E-state index contributed by atoms with van der Waals surface area (Å²) < 4.78 is 38.5. The van der Waals surface area contributed by atoms with E-state index < -0.39 is 11.9 Å². The van der Waals surface area contributed by atoms with Crippen LogP contribution in [0.4, 0.5) is 13.2 Å². The lowest BCUT2D eigenvalue weighted by molar-refractivity contribution is -0.141. The monoisotopic (exact) mass is 235 g/mol. The Balaban J connectivity index is 2.78. The molecule has 16 heavy (non-hydrogen) atoms. The molecule has 92 valence electrons. The normalized spacial score (nSPS) is 12.1. The average Bonchev–Trinajstić information content (AvgIpc) is 2.61. The van der Waals surface area contributed by atoms with Gasteiger partial charge in [0.15, 0.2) is 5.69 Å². The molecule has 0 aromatic carbocycles. The maximum absolute atomic E-state index is 12.4. The molecule has 2 N–H and O–H groups in total. The number of aryl methyl sites for hydroxylation is 1. The molecule has 0 aliphatic heterocycles. The fourth-order valence-electron chi connectivity index (χ4n) is 1.46. The Morgan fingerprint density at radius 1 is 1.38 bits per heavy atom. The first-order valence-corrected chi connectivity index (χ1v) is 5.33. The van der Waals surface area contributed by atoms with Gasteiger partial charge in [0.25, 0.3) is 0 Å². The van der Waals surface area contributed by atoms with Crippen molar-refractivity contribution in [1.29, 1.82) is 0 Å². The topological polar surface area (TPSA) is 43.8 Å². The van der Waals surface area contributed by atoms with E-state index in [9.17, 15) is 13.2 Å². The van der Waals surface area contributed by atoms with E-state index in [-0.39, 0.29) is 6.54 Å². The van der Waals surface area contributed by atoms with Crippen LogP contribution >= 0.6 is 0 Å². The molecule has 3 nitrogen and oxygen atoms in total. The number of aromatic nitrogens is 2. The van der Waals surface area contributed by atoms with Gasteiger partial charge in [0.05, 0.1) is 5.69 Å². The minimum absolute atomic E-state index is 0.0786. The van der Waals surface area contributed by atoms with Gasteiger partial charge in [0.1, 0.15) is 0 Å². The molecule has 0 atom stereocenters. The van der Waals surface area contributed by atoms with E-state index in [4.69, 9.17) is 5.73 Å². The average molecular weight is 235 g/mol. The van der Waals surface area contributed by atoms with Crippen molar-refractivity contribution in [2.45, 2.75) is 45.5 Å². The Kier molecular flexibility index (Phi) is 4.35. The lowest BCUT2D eigenvalue weighted by Crippen LogP contribution is -2.10. The van der Waals surface area contributed by atoms with Crippen molar-refractivity contribution in [3.63, 3.8) is 0 Å². The number of hydrogen-bond donors (Lipinski definition) is 1. The van der Waals surface area contributed by atoms with Gasteiger partial charge in [0.2, 0.25) is 0 Å². The van der Waals surface area contributed by atoms with Crippen molar-refractivity contribution in [3.05, 3.63) is 17.5 Å². The summed E-state index contributed by atoms with van der Waals surface area (Å²) in [6.07, 6.45) is -1.57. The number of unbranched alkanes of at least 4 members (excludes halogenated alkanes) is 2. The molecule has 0 saturated carbocycles. The summed E-state index contributed by atoms with van der Waals surface area (Å²) >= 11 is 0. The van der Waals surface area contributed by atoms with Crippen LogP contribution < -0.4 is 5.73 Å². The molecule has 1 heterocycles. The van der Waals surface area contributed by atoms with Crippen molar-refractivity contribution in [1.82, 2.24) is 9.78 Å². The van der Waals surface area contributed by atoms with Crippen molar-refractivity contribution in [2.24, 2.45) is 5.73 Å². The first-order valence-electron chi connectivity index (χ1n) is 5.33. The standard InChI is InChI=1S/C10H16F3N3/c1-2-3-4-5-16-8(7-14)6-9(15-16)10(11,12)13/h6H,2-5,7,14H2,1H3. The van der Waals surface area contributed by atoms with Gasteiger partial charge in [-0.15, -0.1) is 0 Å². The molecular formula is C10H16F3N3. The molecule has 1 aromatic rings. The minimum Gasteiger partial charge on any atom is -0.325 e. The lowest BCUT2D eigenvalue weighted by Gasteiger charge is -2.04. The summed E-state index contributed by atoms with van der Waals surface area (Å²) in [7, 11) is 0. The predicted octanol–water partition coefficient (Wildman–Crippen LogP) is 2.55. The van der Waals surface area contributed by atoms with E-state index in [1.54, 1.807) is 0 Å². The number of hydrogen-bond acceptors (Lipinski definition) is 2. The predicted molar refractivity (Wildman–Crippen MR) is 54.6 cm³/mol. The third-order valence-corrected chi connectivity index (χ3v) is 2.34. The Morgan fingerprint density at radius 3 is 2.56 bits per heavy atom. The van der Waals surface area contributed by atoms with E-state index in [1.807, 2.05) is 6.92 Å². The van der Waals surface area contributed by atoms with Crippen molar-refractivity contribution in [3.8, 4) is 0 Å². The van der Waals surface area contributed by atoms with Gasteiger partial charge in [-0.05, 0) is 12.5 Å². The SMILES string of the molecule is CCCCCn1nc(C(F)(F)F)cc1CN. The van der Waals surface area contributed by atoms with Gasteiger partial charge in [-0.1, -0.05) is 19.8 Å². The molecule has 6 heteroatoms. The zero-order valence-electron chi connectivity index (χ0n) is 9.22. The second kappa shape index (κ2) is 5.34. The number of rotatable bonds is 5. The van der Waals surface area contributed by atoms with Gasteiger partial charge in [0, 0.05) is 13.1 Å².